The first-order chi connectivity index (χ1) is 28.4. The number of carbonyl (C=O) groups is 7. The van der Waals surface area contributed by atoms with Crippen molar-refractivity contribution < 1.29 is 61.3 Å². The zero-order valence-electron chi connectivity index (χ0n) is 33.6. The van der Waals surface area contributed by atoms with E-state index in [1.807, 2.05) is 6.92 Å². The van der Waals surface area contributed by atoms with Gasteiger partial charge in [0.1, 0.15) is 59.8 Å². The molecule has 2 aromatic rings. The summed E-state index contributed by atoms with van der Waals surface area (Å²) in [6, 6.07) is -1.71. The van der Waals surface area contributed by atoms with Crippen LogP contribution in [0.5, 0.6) is 0 Å². The molecule has 19 heteroatoms. The van der Waals surface area contributed by atoms with E-state index in [0.717, 1.165) is 17.0 Å². The SMILES string of the molecule is Cc1cc(CC(=O)N[C@@H](Cc2cc(F)cc(F)c2)C(=O)N[C@@H]2C(=O)N3C[C@H](O)C[C@H]3C(=O)N3CCOC[C@H]3C(=O)N[C@@H](C)C(=O)N3C[C@H](C)C[C@H]3C(=O)O[C@H]2C)ccc1F. The predicted octanol–water partition coefficient (Wildman–Crippen LogP) is 0.0433. The Morgan fingerprint density at radius 3 is 2.27 bits per heavy atom. The molecule has 4 aliphatic heterocycles. The molecule has 0 aromatic heterocycles. The average molecular weight is 843 g/mol. The van der Waals surface area contributed by atoms with Crippen LogP contribution in [-0.2, 0) is 55.9 Å². The molecule has 4 heterocycles. The van der Waals surface area contributed by atoms with Gasteiger partial charge in [-0.2, -0.15) is 0 Å². The molecule has 4 N–H and O–H groups in total. The number of halogens is 3. The summed E-state index contributed by atoms with van der Waals surface area (Å²) in [6.45, 7) is 5.58. The lowest BCUT2D eigenvalue weighted by Crippen LogP contribution is -2.64. The number of nitrogens with zero attached hydrogens (tertiary/aromatic N) is 3. The Morgan fingerprint density at radius 2 is 1.57 bits per heavy atom. The number of benzene rings is 2. The summed E-state index contributed by atoms with van der Waals surface area (Å²) in [5, 5.41) is 18.6. The third-order valence-corrected chi connectivity index (χ3v) is 11.3. The second-order valence-electron chi connectivity index (χ2n) is 16.1. The maximum atomic E-state index is 14.7. The van der Waals surface area contributed by atoms with Gasteiger partial charge in [-0.1, -0.05) is 19.1 Å². The highest BCUT2D eigenvalue weighted by atomic mass is 19.1. The molecule has 4 saturated heterocycles. The second kappa shape index (κ2) is 18.4. The van der Waals surface area contributed by atoms with Gasteiger partial charge in [0, 0.05) is 38.5 Å². The molecular formula is C41H49F3N6O10. The molecule has 9 atom stereocenters. The molecular weight excluding hydrogens is 793 g/mol. The number of nitrogens with one attached hydrogen (secondary N) is 3. The number of fused-ring (bicyclic) bond motifs is 3. The van der Waals surface area contributed by atoms with Gasteiger partial charge < -0.3 is 45.2 Å². The number of aryl methyl sites for hydroxylation is 1. The minimum atomic E-state index is -1.79. The second-order valence-corrected chi connectivity index (χ2v) is 16.1. The van der Waals surface area contributed by atoms with E-state index in [9.17, 15) is 51.8 Å². The molecule has 4 fully saturated rings. The van der Waals surface area contributed by atoms with Gasteiger partial charge in [0.25, 0.3) is 0 Å². The van der Waals surface area contributed by atoms with Crippen LogP contribution in [0.1, 0.15) is 50.3 Å². The van der Waals surface area contributed by atoms with E-state index in [-0.39, 0.29) is 69.2 Å². The third kappa shape index (κ3) is 9.89. The monoisotopic (exact) mass is 842 g/mol. The highest BCUT2D eigenvalue weighted by Crippen LogP contribution is 2.28. The van der Waals surface area contributed by atoms with Gasteiger partial charge in [0.2, 0.25) is 35.4 Å². The van der Waals surface area contributed by atoms with Crippen LogP contribution in [0.3, 0.4) is 0 Å². The van der Waals surface area contributed by atoms with E-state index < -0.39 is 114 Å². The first kappa shape index (κ1) is 44.0. The minimum absolute atomic E-state index is 0.0406. The number of ether oxygens (including phenoxy) is 2. The molecule has 0 aliphatic carbocycles. The molecule has 0 bridgehead atoms. The van der Waals surface area contributed by atoms with Gasteiger partial charge in [-0.3, -0.25) is 28.8 Å². The van der Waals surface area contributed by atoms with Crippen molar-refractivity contribution in [3.63, 3.8) is 0 Å². The number of morpholine rings is 1. The molecule has 6 rings (SSSR count). The van der Waals surface area contributed by atoms with Gasteiger partial charge in [-0.15, -0.1) is 0 Å². The molecule has 0 unspecified atom stereocenters. The number of carbonyl (C=O) groups excluding carboxylic acids is 7. The fourth-order valence-electron chi connectivity index (χ4n) is 8.26. The highest BCUT2D eigenvalue weighted by molar-refractivity contribution is 5.98. The van der Waals surface area contributed by atoms with Crippen molar-refractivity contribution in [2.24, 2.45) is 5.92 Å². The van der Waals surface area contributed by atoms with Crippen molar-refractivity contribution >= 4 is 41.4 Å². The number of amides is 6. The average Bonchev–Trinajstić information content (AvgIpc) is 3.78. The molecule has 324 valence electrons. The quantitative estimate of drug-likeness (QED) is 0.276. The van der Waals surface area contributed by atoms with Crippen molar-refractivity contribution in [1.82, 2.24) is 30.7 Å². The summed E-state index contributed by atoms with van der Waals surface area (Å²) in [7, 11) is 0. The predicted molar refractivity (Wildman–Crippen MR) is 204 cm³/mol. The van der Waals surface area contributed by atoms with Gasteiger partial charge >= 0.3 is 5.97 Å². The van der Waals surface area contributed by atoms with Crippen LogP contribution in [-0.4, -0.2) is 143 Å². The van der Waals surface area contributed by atoms with Crippen molar-refractivity contribution in [3.8, 4) is 0 Å². The number of aliphatic hydroxyl groups excluding tert-OH is 1. The number of esters is 1. The Balaban J connectivity index is 1.36. The Hall–Kier alpha value is -5.56. The van der Waals surface area contributed by atoms with Crippen LogP contribution in [0, 0.1) is 30.3 Å². The maximum absolute atomic E-state index is 14.7. The van der Waals surface area contributed by atoms with Crippen LogP contribution in [0.15, 0.2) is 36.4 Å². The fourth-order valence-corrected chi connectivity index (χ4v) is 8.26. The third-order valence-electron chi connectivity index (χ3n) is 11.3. The highest BCUT2D eigenvalue weighted by Gasteiger charge is 2.49. The Morgan fingerprint density at radius 1 is 0.867 bits per heavy atom. The van der Waals surface area contributed by atoms with Crippen molar-refractivity contribution in [2.75, 3.05) is 32.8 Å². The summed E-state index contributed by atoms with van der Waals surface area (Å²) >= 11 is 0. The molecule has 0 spiro atoms. The van der Waals surface area contributed by atoms with Crippen LogP contribution < -0.4 is 16.0 Å². The number of aliphatic hydroxyl groups is 1. The zero-order chi connectivity index (χ0) is 43.6. The minimum Gasteiger partial charge on any atom is -0.458 e. The molecule has 6 amide bonds. The summed E-state index contributed by atoms with van der Waals surface area (Å²) in [5.74, 6) is -8.30. The van der Waals surface area contributed by atoms with E-state index in [1.54, 1.807) is 0 Å². The van der Waals surface area contributed by atoms with E-state index >= 15 is 0 Å². The van der Waals surface area contributed by atoms with Crippen molar-refractivity contribution in [2.45, 2.75) is 102 Å². The first-order valence-electron chi connectivity index (χ1n) is 19.9. The molecule has 0 radical (unpaired) electrons. The van der Waals surface area contributed by atoms with Crippen LogP contribution in [0.2, 0.25) is 0 Å². The number of hydrogen-bond acceptors (Lipinski definition) is 10. The van der Waals surface area contributed by atoms with E-state index in [0.29, 0.717) is 11.6 Å². The molecule has 0 saturated carbocycles. The van der Waals surface area contributed by atoms with E-state index in [4.69, 9.17) is 9.47 Å². The standard InChI is InChI=1S/C41H49F3N6O10/c1-20-9-32-41(58)60-23(4)35(47-36(53)30(13-25-11-26(42)15-27(43)12-25)46-34(52)14-24-5-6-29(44)21(2)10-24)40(57)50-18-28(51)16-31(50)39(56)48-7-8-59-19-33(48)37(54)45-22(3)38(55)49(32)17-20/h5-6,10-12,15,20,22-23,28,30-33,35,51H,7-9,13-14,16-19H2,1-4H3,(H,45,54)(H,46,52)(H,47,53)/t20-,22+,23+,28-,30+,31+,32+,33+,35+/m1/s1. The topological polar surface area (TPSA) is 204 Å². The number of hydrogen-bond donors (Lipinski definition) is 4. The zero-order valence-corrected chi connectivity index (χ0v) is 33.6. The van der Waals surface area contributed by atoms with Crippen molar-refractivity contribution in [3.05, 3.63) is 70.5 Å². The maximum Gasteiger partial charge on any atom is 0.329 e. The first-order valence-corrected chi connectivity index (χ1v) is 19.9. The Bertz CT molecular complexity index is 2020. The number of rotatable bonds is 7. The fraction of sp³-hybridized carbons (Fsp3) is 0.537. The van der Waals surface area contributed by atoms with Crippen LogP contribution in [0.25, 0.3) is 0 Å². The Kier molecular flexibility index (Phi) is 13.5. The van der Waals surface area contributed by atoms with E-state index in [1.165, 1.54) is 48.8 Å². The normalized spacial score (nSPS) is 28.3. The van der Waals surface area contributed by atoms with Gasteiger partial charge in [-0.05, 0) is 68.0 Å². The summed E-state index contributed by atoms with van der Waals surface area (Å²) < 4.78 is 54.0. The van der Waals surface area contributed by atoms with Crippen molar-refractivity contribution in [1.29, 1.82) is 0 Å². The smallest absolute Gasteiger partial charge is 0.329 e. The lowest BCUT2D eigenvalue weighted by Gasteiger charge is -2.39. The van der Waals surface area contributed by atoms with Crippen LogP contribution in [0.4, 0.5) is 13.2 Å². The summed E-state index contributed by atoms with van der Waals surface area (Å²) in [5.41, 5.74) is 0.611. The Labute approximate surface area is 344 Å². The molecule has 16 nitrogen and oxygen atoms in total. The largest absolute Gasteiger partial charge is 0.458 e. The number of cyclic esters (lactones) is 1. The summed E-state index contributed by atoms with van der Waals surface area (Å²) in [6.07, 6.45) is -3.61. The molecule has 4 aliphatic rings. The van der Waals surface area contributed by atoms with Crippen LogP contribution >= 0.6 is 0 Å². The summed E-state index contributed by atoms with van der Waals surface area (Å²) in [4.78, 5) is 102. The van der Waals surface area contributed by atoms with Gasteiger partial charge in [0.05, 0.1) is 25.7 Å². The van der Waals surface area contributed by atoms with E-state index in [2.05, 4.69) is 16.0 Å². The molecule has 2 aromatic carbocycles. The van der Waals surface area contributed by atoms with Gasteiger partial charge in [-0.25, -0.2) is 18.0 Å². The molecule has 60 heavy (non-hydrogen) atoms. The lowest BCUT2D eigenvalue weighted by molar-refractivity contribution is -0.164. The lowest BCUT2D eigenvalue weighted by atomic mass is 10.0. The van der Waals surface area contributed by atoms with Gasteiger partial charge in [0.15, 0.2) is 0 Å².